The SMILES string of the molecule is CN1CCN(c2ccc3c(c2)CCC3=O)CC1. The standard InChI is InChI=1S/C14H18N2O/c1-15-6-8-16(9-7-15)12-3-4-13-11(10-12)2-5-14(13)17/h3-4,10H,2,5-9H2,1H3. The molecule has 2 aliphatic rings. The van der Waals surface area contributed by atoms with Crippen molar-refractivity contribution in [1.82, 2.24) is 4.90 Å². The van der Waals surface area contributed by atoms with Gasteiger partial charge in [0.25, 0.3) is 0 Å². The highest BCUT2D eigenvalue weighted by atomic mass is 16.1. The number of anilines is 1. The van der Waals surface area contributed by atoms with Gasteiger partial charge in [-0.05, 0) is 37.2 Å². The van der Waals surface area contributed by atoms with Crippen LogP contribution in [0, 0.1) is 0 Å². The Morgan fingerprint density at radius 2 is 1.82 bits per heavy atom. The fraction of sp³-hybridized carbons (Fsp3) is 0.500. The Balaban J connectivity index is 1.83. The summed E-state index contributed by atoms with van der Waals surface area (Å²) in [5, 5.41) is 0. The van der Waals surface area contributed by atoms with Gasteiger partial charge in [-0.1, -0.05) is 0 Å². The number of aryl methyl sites for hydroxylation is 1. The van der Waals surface area contributed by atoms with E-state index in [4.69, 9.17) is 0 Å². The van der Waals surface area contributed by atoms with Crippen molar-refractivity contribution in [2.45, 2.75) is 12.8 Å². The summed E-state index contributed by atoms with van der Waals surface area (Å²) in [6.45, 7) is 4.42. The van der Waals surface area contributed by atoms with E-state index >= 15 is 0 Å². The molecule has 0 aromatic heterocycles. The molecule has 1 aliphatic carbocycles. The first-order valence-electron chi connectivity index (χ1n) is 6.33. The zero-order valence-electron chi connectivity index (χ0n) is 10.3. The molecule has 1 aromatic rings. The van der Waals surface area contributed by atoms with Crippen LogP contribution in [-0.4, -0.2) is 43.9 Å². The molecular weight excluding hydrogens is 212 g/mol. The third-order valence-corrected chi connectivity index (χ3v) is 3.88. The van der Waals surface area contributed by atoms with Gasteiger partial charge in [0, 0.05) is 43.9 Å². The summed E-state index contributed by atoms with van der Waals surface area (Å²) in [4.78, 5) is 16.4. The van der Waals surface area contributed by atoms with Crippen molar-refractivity contribution in [3.8, 4) is 0 Å². The second-order valence-corrected chi connectivity index (χ2v) is 5.05. The van der Waals surface area contributed by atoms with E-state index in [-0.39, 0.29) is 0 Å². The maximum atomic E-state index is 11.6. The number of hydrogen-bond acceptors (Lipinski definition) is 3. The molecule has 1 fully saturated rings. The van der Waals surface area contributed by atoms with E-state index in [1.165, 1.54) is 11.3 Å². The first-order chi connectivity index (χ1) is 8.24. The largest absolute Gasteiger partial charge is 0.369 e. The molecule has 3 heteroatoms. The molecule has 1 heterocycles. The number of fused-ring (bicyclic) bond motifs is 1. The van der Waals surface area contributed by atoms with Gasteiger partial charge in [-0.3, -0.25) is 4.79 Å². The summed E-state index contributed by atoms with van der Waals surface area (Å²) < 4.78 is 0. The predicted octanol–water partition coefficient (Wildman–Crippen LogP) is 1.57. The molecule has 0 radical (unpaired) electrons. The van der Waals surface area contributed by atoms with Crippen molar-refractivity contribution in [3.63, 3.8) is 0 Å². The monoisotopic (exact) mass is 230 g/mol. The summed E-state index contributed by atoms with van der Waals surface area (Å²) in [5.41, 5.74) is 3.47. The highest BCUT2D eigenvalue weighted by Crippen LogP contribution is 2.27. The Labute approximate surface area is 102 Å². The first kappa shape index (κ1) is 10.8. The average molecular weight is 230 g/mol. The van der Waals surface area contributed by atoms with Crippen LogP contribution in [0.1, 0.15) is 22.3 Å². The van der Waals surface area contributed by atoms with E-state index in [2.05, 4.69) is 29.0 Å². The summed E-state index contributed by atoms with van der Waals surface area (Å²) in [6.07, 6.45) is 1.62. The number of carbonyl (C=O) groups is 1. The van der Waals surface area contributed by atoms with Crippen LogP contribution in [0.3, 0.4) is 0 Å². The molecule has 0 bridgehead atoms. The lowest BCUT2D eigenvalue weighted by Crippen LogP contribution is -2.44. The lowest BCUT2D eigenvalue weighted by atomic mass is 10.1. The second kappa shape index (κ2) is 4.15. The van der Waals surface area contributed by atoms with Gasteiger partial charge < -0.3 is 9.80 Å². The molecule has 1 aliphatic heterocycles. The van der Waals surface area contributed by atoms with Crippen LogP contribution in [0.15, 0.2) is 18.2 Å². The zero-order valence-corrected chi connectivity index (χ0v) is 10.3. The van der Waals surface area contributed by atoms with Gasteiger partial charge in [0.15, 0.2) is 5.78 Å². The smallest absolute Gasteiger partial charge is 0.163 e. The summed E-state index contributed by atoms with van der Waals surface area (Å²) in [7, 11) is 2.17. The lowest BCUT2D eigenvalue weighted by Gasteiger charge is -2.34. The van der Waals surface area contributed by atoms with Gasteiger partial charge in [0.05, 0.1) is 0 Å². The fourth-order valence-electron chi connectivity index (χ4n) is 2.70. The maximum Gasteiger partial charge on any atom is 0.163 e. The van der Waals surface area contributed by atoms with Crippen LogP contribution in [0.2, 0.25) is 0 Å². The van der Waals surface area contributed by atoms with Crippen molar-refractivity contribution in [1.29, 1.82) is 0 Å². The van der Waals surface area contributed by atoms with Gasteiger partial charge in [-0.15, -0.1) is 0 Å². The van der Waals surface area contributed by atoms with Gasteiger partial charge in [0.1, 0.15) is 0 Å². The van der Waals surface area contributed by atoms with Crippen molar-refractivity contribution in [2.75, 3.05) is 38.1 Å². The highest BCUT2D eigenvalue weighted by molar-refractivity contribution is 6.00. The minimum atomic E-state index is 0.310. The number of piperazine rings is 1. The van der Waals surface area contributed by atoms with E-state index in [1.54, 1.807) is 0 Å². The van der Waals surface area contributed by atoms with Crippen molar-refractivity contribution in [2.24, 2.45) is 0 Å². The normalized spacial score (nSPS) is 20.8. The molecule has 0 spiro atoms. The quantitative estimate of drug-likeness (QED) is 0.731. The predicted molar refractivity (Wildman–Crippen MR) is 68.8 cm³/mol. The number of nitrogens with zero attached hydrogens (tertiary/aromatic N) is 2. The number of rotatable bonds is 1. The Morgan fingerprint density at radius 3 is 2.59 bits per heavy atom. The van der Waals surface area contributed by atoms with E-state index in [0.717, 1.165) is 38.2 Å². The zero-order chi connectivity index (χ0) is 11.8. The van der Waals surface area contributed by atoms with Crippen molar-refractivity contribution < 1.29 is 4.79 Å². The van der Waals surface area contributed by atoms with Crippen molar-refractivity contribution in [3.05, 3.63) is 29.3 Å². The molecule has 0 saturated carbocycles. The van der Waals surface area contributed by atoms with E-state index in [1.807, 2.05) is 6.07 Å². The van der Waals surface area contributed by atoms with Crippen molar-refractivity contribution >= 4 is 11.5 Å². The Hall–Kier alpha value is -1.35. The van der Waals surface area contributed by atoms with E-state index < -0.39 is 0 Å². The second-order valence-electron chi connectivity index (χ2n) is 5.05. The first-order valence-corrected chi connectivity index (χ1v) is 6.33. The summed E-state index contributed by atoms with van der Waals surface area (Å²) in [6, 6.07) is 6.33. The minimum Gasteiger partial charge on any atom is -0.369 e. The summed E-state index contributed by atoms with van der Waals surface area (Å²) >= 11 is 0. The molecule has 3 nitrogen and oxygen atoms in total. The lowest BCUT2D eigenvalue weighted by molar-refractivity contribution is 0.0994. The number of benzene rings is 1. The molecule has 1 aromatic carbocycles. The average Bonchev–Trinajstić information content (AvgIpc) is 2.72. The Kier molecular flexibility index (Phi) is 2.63. The van der Waals surface area contributed by atoms with Crippen LogP contribution >= 0.6 is 0 Å². The van der Waals surface area contributed by atoms with E-state index in [0.29, 0.717) is 12.2 Å². The minimum absolute atomic E-state index is 0.310. The van der Waals surface area contributed by atoms with Gasteiger partial charge in [-0.25, -0.2) is 0 Å². The number of hydrogen-bond donors (Lipinski definition) is 0. The number of ketones is 1. The van der Waals surface area contributed by atoms with Crippen LogP contribution in [0.25, 0.3) is 0 Å². The van der Waals surface area contributed by atoms with Gasteiger partial charge in [-0.2, -0.15) is 0 Å². The molecule has 0 N–H and O–H groups in total. The molecule has 0 unspecified atom stereocenters. The molecule has 1 saturated heterocycles. The van der Waals surface area contributed by atoms with Crippen LogP contribution in [0.4, 0.5) is 5.69 Å². The molecular formula is C14H18N2O. The van der Waals surface area contributed by atoms with Gasteiger partial charge in [0.2, 0.25) is 0 Å². The Morgan fingerprint density at radius 1 is 1.06 bits per heavy atom. The van der Waals surface area contributed by atoms with Crippen LogP contribution in [-0.2, 0) is 6.42 Å². The number of Topliss-reactive ketones (excluding diaryl/α,β-unsaturated/α-hetero) is 1. The Bertz CT molecular complexity index is 448. The fourth-order valence-corrected chi connectivity index (χ4v) is 2.70. The maximum absolute atomic E-state index is 11.6. The number of carbonyl (C=O) groups excluding carboxylic acids is 1. The van der Waals surface area contributed by atoms with Crippen LogP contribution in [0.5, 0.6) is 0 Å². The molecule has 17 heavy (non-hydrogen) atoms. The number of likely N-dealkylation sites (N-methyl/N-ethyl adjacent to an activating group) is 1. The molecule has 3 rings (SSSR count). The third kappa shape index (κ3) is 1.95. The molecule has 0 atom stereocenters. The topological polar surface area (TPSA) is 23.6 Å². The van der Waals surface area contributed by atoms with Crippen LogP contribution < -0.4 is 4.90 Å². The van der Waals surface area contributed by atoms with Gasteiger partial charge >= 0.3 is 0 Å². The molecule has 90 valence electrons. The third-order valence-electron chi connectivity index (χ3n) is 3.88. The van der Waals surface area contributed by atoms with E-state index in [9.17, 15) is 4.79 Å². The molecule has 0 amide bonds. The summed E-state index contributed by atoms with van der Waals surface area (Å²) in [5.74, 6) is 0.310. The highest BCUT2D eigenvalue weighted by Gasteiger charge is 2.21.